The quantitative estimate of drug-likeness (QED) is 0.189. The summed E-state index contributed by atoms with van der Waals surface area (Å²) in [4.78, 5) is 2.12. The molecule has 0 aliphatic carbocycles. The van der Waals surface area contributed by atoms with Crippen molar-refractivity contribution in [2.45, 2.75) is 51.4 Å². The monoisotopic (exact) mass is 836 g/mol. The molecular weight excluding hydrogens is 814 g/mol. The van der Waals surface area contributed by atoms with Gasteiger partial charge in [0.15, 0.2) is 0 Å². The molecule has 2 aliphatic rings. The normalized spacial score (nSPS) is 19.6. The van der Waals surface area contributed by atoms with Crippen LogP contribution in [0.15, 0.2) is 0 Å². The summed E-state index contributed by atoms with van der Waals surface area (Å²) in [5.74, 6) is 0. The molecule has 0 spiro atoms. The van der Waals surface area contributed by atoms with Gasteiger partial charge < -0.3 is 10.6 Å². The summed E-state index contributed by atoms with van der Waals surface area (Å²) in [6.45, 7) is 1.90. The molecule has 8 heteroatoms. The van der Waals surface area contributed by atoms with Crippen molar-refractivity contribution in [2.24, 2.45) is 0 Å². The number of rotatable bonds is 0. The molecule has 0 atom stereocenters. The van der Waals surface area contributed by atoms with Crippen LogP contribution in [0.5, 0.6) is 0 Å². The van der Waals surface area contributed by atoms with Gasteiger partial charge in [0.25, 0.3) is 0 Å². The van der Waals surface area contributed by atoms with E-state index in [0.717, 1.165) is 35.9 Å². The summed E-state index contributed by atoms with van der Waals surface area (Å²) >= 11 is 17.4. The molecule has 2 aliphatic heterocycles. The van der Waals surface area contributed by atoms with Gasteiger partial charge in [-0.3, -0.25) is 0 Å². The van der Waals surface area contributed by atoms with Gasteiger partial charge in [0, 0.05) is 13.1 Å². The molecule has 124 valence electrons. The summed E-state index contributed by atoms with van der Waals surface area (Å²) in [5, 5.41) is 6.35. The van der Waals surface area contributed by atoms with Crippen molar-refractivity contribution < 1.29 is 6.99 Å². The fourth-order valence-corrected chi connectivity index (χ4v) is 2.30. The van der Waals surface area contributed by atoms with Crippen LogP contribution in [-0.2, 0) is 6.99 Å². The first kappa shape index (κ1) is 22.7. The third-order valence-electron chi connectivity index (χ3n) is 2.81. The van der Waals surface area contributed by atoms with Gasteiger partial charge in [-0.15, -0.1) is 0 Å². The van der Waals surface area contributed by atoms with E-state index in [0.29, 0.717) is 0 Å². The zero-order valence-corrected chi connectivity index (χ0v) is 21.6. The van der Waals surface area contributed by atoms with Gasteiger partial charge in [-0.1, -0.05) is 37.3 Å². The molecule has 0 saturated carbocycles. The standard InChI is InChI=1S/2C6H11NS.Au.3HI/c2*8-6-4-2-1-3-5-7-6;;;;/h2*1-5H2,(H,7,8);;3*1H/q;;+3;;;/p-3. The van der Waals surface area contributed by atoms with Gasteiger partial charge >= 0.3 is 64.1 Å². The van der Waals surface area contributed by atoms with Crippen LogP contribution >= 0.6 is 81.5 Å². The summed E-state index contributed by atoms with van der Waals surface area (Å²) < 4.78 is 0. The first-order chi connectivity index (χ1) is 9.52. The van der Waals surface area contributed by atoms with Crippen molar-refractivity contribution in [3.8, 4) is 0 Å². The topological polar surface area (TPSA) is 24.1 Å². The third kappa shape index (κ3) is 18.8. The van der Waals surface area contributed by atoms with E-state index in [1.807, 2.05) is 0 Å². The van der Waals surface area contributed by atoms with Gasteiger partial charge in [-0.25, -0.2) is 0 Å². The van der Waals surface area contributed by atoms with Crippen LogP contribution in [0.4, 0.5) is 0 Å². The van der Waals surface area contributed by atoms with Crippen LogP contribution in [0.3, 0.4) is 0 Å². The Balaban J connectivity index is 0.000000289. The Kier molecular flexibility index (Phi) is 18.8. The predicted octanol–water partition coefficient (Wildman–Crippen LogP) is 5.61. The number of hydrogen-bond acceptors (Lipinski definition) is 2. The van der Waals surface area contributed by atoms with Crippen LogP contribution in [-0.4, -0.2) is 23.1 Å². The van der Waals surface area contributed by atoms with Crippen molar-refractivity contribution >= 4 is 91.5 Å². The van der Waals surface area contributed by atoms with Gasteiger partial charge in [-0.05, 0) is 38.5 Å². The number of hydrogen-bond donors (Lipinski definition) is 2. The maximum atomic E-state index is 4.98. The van der Waals surface area contributed by atoms with Crippen molar-refractivity contribution in [1.29, 1.82) is 0 Å². The Hall–Kier alpha value is 2.71. The van der Waals surface area contributed by atoms with Crippen LogP contribution < -0.4 is 10.6 Å². The van der Waals surface area contributed by atoms with Crippen molar-refractivity contribution in [2.75, 3.05) is 13.1 Å². The Bertz CT molecular complexity index is 235. The summed E-state index contributed by atoms with van der Waals surface area (Å²) in [6, 6.07) is 0. The molecule has 20 heavy (non-hydrogen) atoms. The summed E-state index contributed by atoms with van der Waals surface area (Å²) in [6.07, 6.45) is 10.0. The van der Waals surface area contributed by atoms with E-state index in [9.17, 15) is 0 Å². The van der Waals surface area contributed by atoms with Crippen molar-refractivity contribution in [1.82, 2.24) is 10.6 Å². The van der Waals surface area contributed by atoms with Gasteiger partial charge in [-0.2, -0.15) is 0 Å². The van der Waals surface area contributed by atoms with E-state index in [1.54, 1.807) is 0 Å². The summed E-state index contributed by atoms with van der Waals surface area (Å²) in [7, 11) is 0. The Morgan fingerprint density at radius 3 is 1.40 bits per heavy atom. The van der Waals surface area contributed by atoms with Gasteiger partial charge in [0.2, 0.25) is 0 Å². The van der Waals surface area contributed by atoms with Gasteiger partial charge in [0.05, 0.1) is 9.98 Å². The van der Waals surface area contributed by atoms with Crippen LogP contribution in [0.2, 0.25) is 0 Å². The Morgan fingerprint density at radius 2 is 1.05 bits per heavy atom. The molecular formula is C12H22AuI3N2S2. The number of nitrogens with one attached hydrogen (secondary N) is 2. The Morgan fingerprint density at radius 1 is 0.700 bits per heavy atom. The van der Waals surface area contributed by atoms with Crippen LogP contribution in [0.25, 0.3) is 0 Å². The minimum atomic E-state index is -0.294. The van der Waals surface area contributed by atoms with Crippen molar-refractivity contribution in [3.63, 3.8) is 0 Å². The maximum absolute atomic E-state index is 4.98. The molecule has 2 N–H and O–H groups in total. The van der Waals surface area contributed by atoms with E-state index in [4.69, 9.17) is 24.4 Å². The van der Waals surface area contributed by atoms with Crippen molar-refractivity contribution in [3.05, 3.63) is 0 Å². The SMILES string of the molecule is S=C1CCCCCN1.S=C1CCCCCN1.[I][Au]([I])[I]. The van der Waals surface area contributed by atoms with E-state index in [1.165, 1.54) is 38.5 Å². The zero-order valence-electron chi connectivity index (χ0n) is 11.3. The predicted molar refractivity (Wildman–Crippen MR) is 120 cm³/mol. The second kappa shape index (κ2) is 16.6. The van der Waals surface area contributed by atoms with E-state index < -0.39 is 0 Å². The van der Waals surface area contributed by atoms with Crippen LogP contribution in [0.1, 0.15) is 51.4 Å². The summed E-state index contributed by atoms with van der Waals surface area (Å²) in [5.41, 5.74) is 0. The molecule has 2 fully saturated rings. The molecule has 0 aromatic carbocycles. The average Bonchev–Trinajstić information content (AvgIpc) is 2.74. The first-order valence-electron chi connectivity index (χ1n) is 6.66. The molecule has 0 aromatic rings. The molecule has 0 unspecified atom stereocenters. The molecule has 2 saturated heterocycles. The zero-order chi connectivity index (χ0) is 15.2. The molecule has 0 bridgehead atoms. The second-order valence-corrected chi connectivity index (χ2v) is 52.9. The molecule has 0 aromatic heterocycles. The Labute approximate surface area is 170 Å². The molecule has 2 nitrogen and oxygen atoms in total. The molecule has 0 radical (unpaired) electrons. The van der Waals surface area contributed by atoms with E-state index in [2.05, 4.69) is 67.7 Å². The average molecular weight is 836 g/mol. The minimum absolute atomic E-state index is 0.294. The number of halogens is 3. The molecule has 2 rings (SSSR count). The fourth-order valence-electron chi connectivity index (χ4n) is 1.81. The third-order valence-corrected chi connectivity index (χ3v) is 3.50. The van der Waals surface area contributed by atoms with Gasteiger partial charge in [0.1, 0.15) is 0 Å². The van der Waals surface area contributed by atoms with Crippen LogP contribution in [0, 0.1) is 0 Å². The molecule has 0 amide bonds. The fraction of sp³-hybridized carbons (Fsp3) is 0.833. The number of thiocarbonyl (C=S) groups is 2. The first-order valence-corrected chi connectivity index (χ1v) is 25.9. The van der Waals surface area contributed by atoms with E-state index >= 15 is 0 Å². The second-order valence-electron chi connectivity index (χ2n) is 4.45. The molecule has 2 heterocycles. The van der Waals surface area contributed by atoms with E-state index in [-0.39, 0.29) is 6.99 Å².